The van der Waals surface area contributed by atoms with E-state index in [9.17, 15) is 36.9 Å². The van der Waals surface area contributed by atoms with Crippen LogP contribution in [0.3, 0.4) is 0 Å². The highest BCUT2D eigenvalue weighted by Crippen LogP contribution is 2.45. The summed E-state index contributed by atoms with van der Waals surface area (Å²) < 4.78 is 88.9. The summed E-state index contributed by atoms with van der Waals surface area (Å²) in [6, 6.07) is 48.4. The summed E-state index contributed by atoms with van der Waals surface area (Å²) in [6.07, 6.45) is -9.11. The van der Waals surface area contributed by atoms with Crippen LogP contribution in [0.25, 0.3) is 88.4 Å². The maximum absolute atomic E-state index is 14.1. The largest absolute Gasteiger partial charge is 0.416 e. The molecule has 0 bridgehead atoms. The number of hydrogen-bond acceptors (Lipinski definition) is 2. The second kappa shape index (κ2) is 15.0. The van der Waals surface area contributed by atoms with Crippen molar-refractivity contribution in [1.82, 2.24) is 9.13 Å². The fourth-order valence-corrected chi connectivity index (χ4v) is 9.36. The van der Waals surface area contributed by atoms with Gasteiger partial charge in [-0.15, -0.1) is 0 Å². The first-order valence-corrected chi connectivity index (χ1v) is 20.7. The summed E-state index contributed by atoms with van der Waals surface area (Å²) in [5, 5.41) is 24.5. The van der Waals surface area contributed by atoms with E-state index in [2.05, 4.69) is 12.1 Å². The molecule has 10 rings (SSSR count). The average molecular weight is 865 g/mol. The Morgan fingerprint density at radius 3 is 1.23 bits per heavy atom. The Hall–Kier alpha value is -8.08. The van der Waals surface area contributed by atoms with Gasteiger partial charge < -0.3 is 9.13 Å². The lowest BCUT2D eigenvalue weighted by Crippen LogP contribution is -2.06. The van der Waals surface area contributed by atoms with Crippen LogP contribution in [0, 0.1) is 43.4 Å². The summed E-state index contributed by atoms with van der Waals surface area (Å²) in [4.78, 5) is 0. The molecule has 0 aliphatic carbocycles. The molecule has 0 spiro atoms. The molecular weight excluding hydrogens is 831 g/mol. The molecule has 0 N–H and O–H groups in total. The number of hydrogen-bond donors (Lipinski definition) is 0. The molecule has 8 aromatic carbocycles. The number of nitrogens with zero attached hydrogens (tertiary/aromatic N) is 4. The monoisotopic (exact) mass is 864 g/mol. The van der Waals surface area contributed by atoms with Crippen molar-refractivity contribution in [3.05, 3.63) is 191 Å². The van der Waals surface area contributed by atoms with Crippen molar-refractivity contribution in [2.75, 3.05) is 0 Å². The third-order valence-corrected chi connectivity index (χ3v) is 12.0. The van der Waals surface area contributed by atoms with E-state index in [0.29, 0.717) is 72.5 Å². The van der Waals surface area contributed by atoms with E-state index in [1.807, 2.05) is 107 Å². The normalized spacial score (nSPS) is 12.0. The molecule has 2 aromatic heterocycles. The topological polar surface area (TPSA) is 57.4 Å². The summed E-state index contributed by atoms with van der Waals surface area (Å²) in [6.45, 7) is 5.15. The molecule has 0 atom stereocenters. The second-order valence-electron chi connectivity index (χ2n) is 16.5. The molecule has 0 aliphatic heterocycles. The minimum atomic E-state index is -4.56. The molecule has 0 radical (unpaired) electrons. The first-order chi connectivity index (χ1) is 31.1. The van der Waals surface area contributed by atoms with Crippen LogP contribution in [0.2, 0.25) is 0 Å². The lowest BCUT2D eigenvalue weighted by Gasteiger charge is -2.21. The smallest absolute Gasteiger partial charge is 0.308 e. The number of fused-ring (bicyclic) bond motifs is 6. The third-order valence-electron chi connectivity index (χ3n) is 12.0. The van der Waals surface area contributed by atoms with E-state index >= 15 is 0 Å². The number of aryl methyl sites for hydroxylation is 3. The molecule has 0 amide bonds. The number of rotatable bonds is 5. The van der Waals surface area contributed by atoms with Crippen molar-refractivity contribution in [2.45, 2.75) is 33.1 Å². The lowest BCUT2D eigenvalue weighted by molar-refractivity contribution is -0.138. The molecule has 2 heterocycles. The number of aromatic nitrogens is 2. The number of halogens is 6. The van der Waals surface area contributed by atoms with Crippen molar-refractivity contribution in [2.24, 2.45) is 0 Å². The van der Waals surface area contributed by atoms with E-state index in [1.165, 1.54) is 0 Å². The van der Waals surface area contributed by atoms with Crippen molar-refractivity contribution in [3.63, 3.8) is 0 Å². The highest BCUT2D eigenvalue weighted by molar-refractivity contribution is 6.13. The number of alkyl halides is 6. The Balaban J connectivity index is 1.34. The molecule has 0 aliphatic rings. The maximum atomic E-state index is 14.1. The first kappa shape index (κ1) is 41.0. The van der Waals surface area contributed by atoms with Crippen LogP contribution in [-0.2, 0) is 12.4 Å². The lowest BCUT2D eigenvalue weighted by atomic mass is 9.95. The molecule has 10 aromatic rings. The summed E-state index contributed by atoms with van der Waals surface area (Å²) in [5.74, 6) is 0. The highest BCUT2D eigenvalue weighted by Gasteiger charge is 2.32. The SMILES string of the molecule is Cc1cc(C#N)cc(-c2c(-n3c4ccccc4c4ccc(-c5cc(C)cc(C(F)(F)F)c5)cc43)cc(C#N)cc2-n2c3ccccc3c3ccc(-c4cc(C)cc(C(F)(F)F)c4)cc32)c1. The second-order valence-corrected chi connectivity index (χ2v) is 16.5. The molecular formula is C55H34F6N4. The van der Waals surface area contributed by atoms with Crippen LogP contribution >= 0.6 is 0 Å². The summed E-state index contributed by atoms with van der Waals surface area (Å²) in [7, 11) is 0. The minimum Gasteiger partial charge on any atom is -0.308 e. The summed E-state index contributed by atoms with van der Waals surface area (Å²) >= 11 is 0. The Bertz CT molecular complexity index is 3500. The van der Waals surface area contributed by atoms with Crippen LogP contribution in [-0.4, -0.2) is 9.13 Å². The molecule has 0 saturated carbocycles. The van der Waals surface area contributed by atoms with Gasteiger partial charge in [-0.2, -0.15) is 36.9 Å². The molecule has 0 unspecified atom stereocenters. The fourth-order valence-electron chi connectivity index (χ4n) is 9.36. The number of nitriles is 2. The molecule has 0 saturated heterocycles. The van der Waals surface area contributed by atoms with Gasteiger partial charge in [0.2, 0.25) is 0 Å². The van der Waals surface area contributed by atoms with E-state index in [1.54, 1.807) is 50.2 Å². The number of benzene rings is 8. The van der Waals surface area contributed by atoms with Gasteiger partial charge in [0.25, 0.3) is 0 Å². The van der Waals surface area contributed by atoms with Gasteiger partial charge in [0, 0.05) is 27.1 Å². The average Bonchev–Trinajstić information content (AvgIpc) is 3.79. The van der Waals surface area contributed by atoms with E-state index in [-0.39, 0.29) is 5.56 Å². The van der Waals surface area contributed by atoms with Gasteiger partial charge in [-0.3, -0.25) is 0 Å². The van der Waals surface area contributed by atoms with Crippen LogP contribution in [0.1, 0.15) is 38.9 Å². The maximum Gasteiger partial charge on any atom is 0.416 e. The van der Waals surface area contributed by atoms with Gasteiger partial charge in [0.15, 0.2) is 0 Å². The quantitative estimate of drug-likeness (QED) is 0.162. The standard InChI is InChI=1S/C55H34F6N4/c1-31-16-34(29-62)22-40(19-31)53-51(64-47-10-6-4-8-43(47)45-14-12-36(27-49(45)64)38-17-32(2)20-41(25-38)54(56,57)58)23-35(30-63)24-52(53)65-48-11-7-5-9-44(48)46-15-13-37(28-50(46)65)39-18-33(3)21-42(26-39)55(59,60)61/h4-28H,1-3H3. The van der Waals surface area contributed by atoms with Gasteiger partial charge in [-0.25, -0.2) is 0 Å². The third kappa shape index (κ3) is 7.04. The van der Waals surface area contributed by atoms with Gasteiger partial charge in [-0.05, 0) is 138 Å². The van der Waals surface area contributed by atoms with Crippen molar-refractivity contribution in [3.8, 4) is 56.9 Å². The Labute approximate surface area is 369 Å². The van der Waals surface area contributed by atoms with Crippen molar-refractivity contribution >= 4 is 43.6 Å². The zero-order valence-electron chi connectivity index (χ0n) is 35.0. The van der Waals surface area contributed by atoms with Crippen LogP contribution in [0.15, 0.2) is 152 Å². The molecule has 0 fully saturated rings. The van der Waals surface area contributed by atoms with Crippen LogP contribution < -0.4 is 0 Å². The predicted octanol–water partition coefficient (Wildman–Crippen LogP) is 15.6. The van der Waals surface area contributed by atoms with Crippen molar-refractivity contribution in [1.29, 1.82) is 10.5 Å². The Kier molecular flexibility index (Phi) is 9.47. The highest BCUT2D eigenvalue weighted by atomic mass is 19.4. The zero-order chi connectivity index (χ0) is 45.5. The molecule has 10 heteroatoms. The van der Waals surface area contributed by atoms with Gasteiger partial charge >= 0.3 is 12.4 Å². The van der Waals surface area contributed by atoms with E-state index in [4.69, 9.17) is 0 Å². The summed E-state index contributed by atoms with van der Waals surface area (Å²) in [5.41, 5.74) is 8.03. The molecule has 316 valence electrons. The molecule has 4 nitrogen and oxygen atoms in total. The zero-order valence-corrected chi connectivity index (χ0v) is 35.0. The molecule has 65 heavy (non-hydrogen) atoms. The van der Waals surface area contributed by atoms with Crippen molar-refractivity contribution < 1.29 is 26.3 Å². The van der Waals surface area contributed by atoms with E-state index < -0.39 is 23.5 Å². The predicted molar refractivity (Wildman–Crippen MR) is 245 cm³/mol. The van der Waals surface area contributed by atoms with Gasteiger partial charge in [0.1, 0.15) is 0 Å². The van der Waals surface area contributed by atoms with Gasteiger partial charge in [0.05, 0.1) is 67.8 Å². The van der Waals surface area contributed by atoms with Gasteiger partial charge in [-0.1, -0.05) is 78.9 Å². The number of para-hydroxylation sites is 2. The van der Waals surface area contributed by atoms with Crippen LogP contribution in [0.5, 0.6) is 0 Å². The first-order valence-electron chi connectivity index (χ1n) is 20.7. The Morgan fingerprint density at radius 1 is 0.385 bits per heavy atom. The Morgan fingerprint density at radius 2 is 0.785 bits per heavy atom. The minimum absolute atomic E-state index is 0.290. The van der Waals surface area contributed by atoms with E-state index in [0.717, 1.165) is 62.4 Å². The fraction of sp³-hybridized carbons (Fsp3) is 0.0909. The van der Waals surface area contributed by atoms with Crippen LogP contribution in [0.4, 0.5) is 26.3 Å².